The lowest BCUT2D eigenvalue weighted by Crippen LogP contribution is -2.38. The first-order valence-corrected chi connectivity index (χ1v) is 6.14. The molecule has 1 aliphatic heterocycles. The average molecular weight is 278 g/mol. The molecular weight excluding hydrogens is 266 g/mol. The van der Waals surface area contributed by atoms with E-state index in [1.54, 1.807) is 11.3 Å². The van der Waals surface area contributed by atoms with Crippen molar-refractivity contribution in [2.75, 3.05) is 19.8 Å². The van der Waals surface area contributed by atoms with Crippen LogP contribution >= 0.6 is 27.3 Å². The highest BCUT2D eigenvalue weighted by molar-refractivity contribution is 9.10. The molecule has 0 saturated carbocycles. The molecule has 1 saturated heterocycles. The Kier molecular flexibility index (Phi) is 3.57. The van der Waals surface area contributed by atoms with E-state index < -0.39 is 0 Å². The van der Waals surface area contributed by atoms with Gasteiger partial charge in [0.25, 0.3) is 0 Å². The number of hydrogen-bond acceptors (Lipinski definition) is 4. The van der Waals surface area contributed by atoms with Crippen molar-refractivity contribution in [3.8, 4) is 0 Å². The van der Waals surface area contributed by atoms with Gasteiger partial charge < -0.3 is 15.2 Å². The third-order valence-corrected chi connectivity index (χ3v) is 3.87. The summed E-state index contributed by atoms with van der Waals surface area (Å²) in [6, 6.07) is 2.06. The average Bonchev–Trinajstić information content (AvgIpc) is 2.50. The topological polar surface area (TPSA) is 44.5 Å². The minimum atomic E-state index is 0.0141. The molecule has 2 rings (SSSR count). The second-order valence-electron chi connectivity index (χ2n) is 3.19. The van der Waals surface area contributed by atoms with Crippen LogP contribution in [0.4, 0.5) is 0 Å². The maximum Gasteiger partial charge on any atom is 0.105 e. The standard InChI is InChI=1S/C9H12BrNO2S/c10-6-1-9(14-5-6)8(2-11)13-7-3-12-4-7/h1,5,7-8H,2-4,11H2. The molecular formula is C9H12BrNO2S. The maximum atomic E-state index is 5.77. The van der Waals surface area contributed by atoms with Crippen LogP contribution in [0.1, 0.15) is 11.0 Å². The molecule has 3 nitrogen and oxygen atoms in total. The molecule has 1 aromatic heterocycles. The number of rotatable bonds is 4. The molecule has 0 aromatic carbocycles. The Labute approximate surface area is 95.3 Å². The fourth-order valence-electron chi connectivity index (χ4n) is 1.26. The quantitative estimate of drug-likeness (QED) is 0.915. The van der Waals surface area contributed by atoms with Crippen molar-refractivity contribution < 1.29 is 9.47 Å². The summed E-state index contributed by atoms with van der Waals surface area (Å²) < 4.78 is 11.9. The van der Waals surface area contributed by atoms with E-state index in [0.29, 0.717) is 19.8 Å². The SMILES string of the molecule is NCC(OC1COC1)c1cc(Br)cs1. The molecule has 0 spiro atoms. The van der Waals surface area contributed by atoms with Crippen molar-refractivity contribution in [1.82, 2.24) is 0 Å². The summed E-state index contributed by atoms with van der Waals surface area (Å²) in [5, 5.41) is 2.04. The zero-order valence-electron chi connectivity index (χ0n) is 7.61. The lowest BCUT2D eigenvalue weighted by molar-refractivity contribution is -0.153. The molecule has 78 valence electrons. The van der Waals surface area contributed by atoms with Crippen LogP contribution in [0.15, 0.2) is 15.9 Å². The minimum Gasteiger partial charge on any atom is -0.376 e. The monoisotopic (exact) mass is 277 g/mol. The van der Waals surface area contributed by atoms with Gasteiger partial charge in [-0.05, 0) is 22.0 Å². The summed E-state index contributed by atoms with van der Waals surface area (Å²) in [7, 11) is 0. The molecule has 14 heavy (non-hydrogen) atoms. The summed E-state index contributed by atoms with van der Waals surface area (Å²) in [6.07, 6.45) is 0.240. The van der Waals surface area contributed by atoms with Crippen LogP contribution < -0.4 is 5.73 Å². The lowest BCUT2D eigenvalue weighted by atomic mass is 10.2. The van der Waals surface area contributed by atoms with E-state index in [9.17, 15) is 0 Å². The van der Waals surface area contributed by atoms with Crippen LogP contribution in [0.2, 0.25) is 0 Å². The second-order valence-corrected chi connectivity index (χ2v) is 5.05. The third kappa shape index (κ3) is 2.35. The molecule has 0 amide bonds. The summed E-state index contributed by atoms with van der Waals surface area (Å²) in [5.41, 5.74) is 5.67. The Bertz CT molecular complexity index is 301. The maximum absolute atomic E-state index is 5.77. The third-order valence-electron chi connectivity index (χ3n) is 2.08. The van der Waals surface area contributed by atoms with E-state index in [0.717, 1.165) is 4.47 Å². The molecule has 1 aromatic rings. The van der Waals surface area contributed by atoms with Gasteiger partial charge in [0.2, 0.25) is 0 Å². The van der Waals surface area contributed by atoms with E-state index in [-0.39, 0.29) is 12.2 Å². The predicted octanol–water partition coefficient (Wildman–Crippen LogP) is 1.93. The van der Waals surface area contributed by atoms with Gasteiger partial charge in [0.1, 0.15) is 12.2 Å². The Morgan fingerprint density at radius 2 is 2.50 bits per heavy atom. The van der Waals surface area contributed by atoms with Gasteiger partial charge in [-0.15, -0.1) is 11.3 Å². The number of halogens is 1. The van der Waals surface area contributed by atoms with Gasteiger partial charge in [-0.2, -0.15) is 0 Å². The first kappa shape index (κ1) is 10.6. The summed E-state index contributed by atoms with van der Waals surface area (Å²) in [5.74, 6) is 0. The number of ether oxygens (including phenoxy) is 2. The summed E-state index contributed by atoms with van der Waals surface area (Å²) >= 11 is 5.08. The Balaban J connectivity index is 1.97. The van der Waals surface area contributed by atoms with Crippen molar-refractivity contribution >= 4 is 27.3 Å². The Morgan fingerprint density at radius 3 is 2.93 bits per heavy atom. The van der Waals surface area contributed by atoms with E-state index in [1.165, 1.54) is 4.88 Å². The van der Waals surface area contributed by atoms with Gasteiger partial charge in [-0.3, -0.25) is 0 Å². The van der Waals surface area contributed by atoms with Gasteiger partial charge in [-0.1, -0.05) is 0 Å². The summed E-state index contributed by atoms with van der Waals surface area (Å²) in [4.78, 5) is 1.17. The van der Waals surface area contributed by atoms with Crippen LogP contribution in [0.5, 0.6) is 0 Å². The Hall–Kier alpha value is 0.0600. The summed E-state index contributed by atoms with van der Waals surface area (Å²) in [6.45, 7) is 1.91. The highest BCUT2D eigenvalue weighted by Gasteiger charge is 2.24. The molecule has 1 fully saturated rings. The van der Waals surface area contributed by atoms with Crippen molar-refractivity contribution in [3.63, 3.8) is 0 Å². The van der Waals surface area contributed by atoms with E-state index in [4.69, 9.17) is 15.2 Å². The number of hydrogen-bond donors (Lipinski definition) is 1. The smallest absolute Gasteiger partial charge is 0.105 e. The zero-order valence-corrected chi connectivity index (χ0v) is 10.0. The molecule has 2 N–H and O–H groups in total. The molecule has 1 unspecified atom stereocenters. The van der Waals surface area contributed by atoms with Gasteiger partial charge in [-0.25, -0.2) is 0 Å². The van der Waals surface area contributed by atoms with Crippen molar-refractivity contribution in [1.29, 1.82) is 0 Å². The van der Waals surface area contributed by atoms with Crippen LogP contribution in [0.3, 0.4) is 0 Å². The number of thiophene rings is 1. The van der Waals surface area contributed by atoms with Gasteiger partial charge in [0.15, 0.2) is 0 Å². The molecule has 1 atom stereocenters. The highest BCUT2D eigenvalue weighted by Crippen LogP contribution is 2.29. The molecule has 0 bridgehead atoms. The molecule has 5 heteroatoms. The fourth-order valence-corrected chi connectivity index (χ4v) is 2.75. The first-order valence-electron chi connectivity index (χ1n) is 4.47. The second kappa shape index (κ2) is 4.72. The van der Waals surface area contributed by atoms with E-state index in [1.807, 2.05) is 5.38 Å². The lowest BCUT2D eigenvalue weighted by Gasteiger charge is -2.29. The minimum absolute atomic E-state index is 0.0141. The first-order chi connectivity index (χ1) is 6.79. The van der Waals surface area contributed by atoms with Crippen LogP contribution in [0, 0.1) is 0 Å². The largest absolute Gasteiger partial charge is 0.376 e. The van der Waals surface area contributed by atoms with Crippen molar-refractivity contribution in [3.05, 3.63) is 20.8 Å². The van der Waals surface area contributed by atoms with Crippen molar-refractivity contribution in [2.24, 2.45) is 5.73 Å². The van der Waals surface area contributed by atoms with Gasteiger partial charge in [0.05, 0.1) is 13.2 Å². The van der Waals surface area contributed by atoms with Crippen LogP contribution in [-0.2, 0) is 9.47 Å². The molecule has 2 heterocycles. The van der Waals surface area contributed by atoms with Gasteiger partial charge >= 0.3 is 0 Å². The fraction of sp³-hybridized carbons (Fsp3) is 0.556. The number of nitrogens with two attached hydrogens (primary N) is 1. The van der Waals surface area contributed by atoms with Crippen LogP contribution in [-0.4, -0.2) is 25.9 Å². The molecule has 1 aliphatic rings. The Morgan fingerprint density at radius 1 is 1.71 bits per heavy atom. The van der Waals surface area contributed by atoms with Crippen LogP contribution in [0.25, 0.3) is 0 Å². The van der Waals surface area contributed by atoms with E-state index in [2.05, 4.69) is 22.0 Å². The molecule has 0 aliphatic carbocycles. The normalized spacial score (nSPS) is 19.3. The molecule has 0 radical (unpaired) electrons. The van der Waals surface area contributed by atoms with E-state index >= 15 is 0 Å². The zero-order chi connectivity index (χ0) is 9.97. The van der Waals surface area contributed by atoms with Gasteiger partial charge in [0, 0.05) is 21.3 Å². The van der Waals surface area contributed by atoms with Crippen molar-refractivity contribution in [2.45, 2.75) is 12.2 Å². The predicted molar refractivity (Wildman–Crippen MR) is 59.5 cm³/mol. The highest BCUT2D eigenvalue weighted by atomic mass is 79.9.